The van der Waals surface area contributed by atoms with Crippen molar-refractivity contribution < 1.29 is 18.7 Å². The van der Waals surface area contributed by atoms with Crippen LogP contribution in [0.5, 0.6) is 0 Å². The highest BCUT2D eigenvalue weighted by molar-refractivity contribution is 7.93. The van der Waals surface area contributed by atoms with Crippen LogP contribution in [0.1, 0.15) is 20.8 Å². The Balaban J connectivity index is 3.16. The smallest absolute Gasteiger partial charge is 0.442 e. The number of non-ortho nitro benzene ring substituents is 1. The summed E-state index contributed by atoms with van der Waals surface area (Å²) < 4.78 is 20.8. The molecule has 0 heterocycles. The van der Waals surface area contributed by atoms with E-state index in [4.69, 9.17) is 4.74 Å². The molecule has 1 unspecified atom stereocenters. The number of nitro groups is 1. The van der Waals surface area contributed by atoms with Crippen LogP contribution < -0.4 is 0 Å². The zero-order valence-corrected chi connectivity index (χ0v) is 12.5. The van der Waals surface area contributed by atoms with Crippen LogP contribution in [-0.2, 0) is 14.5 Å². The maximum Gasteiger partial charge on any atom is 0.442 e. The summed E-state index contributed by atoms with van der Waals surface area (Å²) in [5.74, 6) is 0. The minimum absolute atomic E-state index is 0.109. The lowest BCUT2D eigenvalue weighted by Gasteiger charge is -2.17. The van der Waals surface area contributed by atoms with Crippen molar-refractivity contribution in [1.82, 2.24) is 0 Å². The second-order valence-electron chi connectivity index (χ2n) is 5.13. The van der Waals surface area contributed by atoms with Gasteiger partial charge in [-0.1, -0.05) is 6.07 Å². The molecule has 1 aromatic carbocycles. The molecule has 1 amide bonds. The van der Waals surface area contributed by atoms with Crippen LogP contribution in [-0.4, -0.2) is 27.1 Å². The van der Waals surface area contributed by atoms with Gasteiger partial charge in [0.05, 0.1) is 19.5 Å². The lowest BCUT2D eigenvalue weighted by molar-refractivity contribution is -0.385. The molecule has 1 atom stereocenters. The van der Waals surface area contributed by atoms with Crippen LogP contribution in [0.25, 0.3) is 0 Å². The molecule has 0 bridgehead atoms. The molecule has 20 heavy (non-hydrogen) atoms. The lowest BCUT2D eigenvalue weighted by Crippen LogP contribution is -2.22. The fourth-order valence-corrected chi connectivity index (χ4v) is 2.41. The highest BCUT2D eigenvalue weighted by Gasteiger charge is 2.19. The molecular weight excluding hydrogens is 284 g/mol. The number of ether oxygens (including phenoxy) is 1. The summed E-state index contributed by atoms with van der Waals surface area (Å²) in [7, 11) is -3.09. The molecule has 0 aliphatic rings. The topological polar surface area (TPSA) is 98.9 Å². The quantitative estimate of drug-likeness (QED) is 0.617. The van der Waals surface area contributed by atoms with Gasteiger partial charge in [-0.05, 0) is 26.8 Å². The van der Waals surface area contributed by atoms with Gasteiger partial charge in [0.1, 0.15) is 5.60 Å². The third-order valence-electron chi connectivity index (χ3n) is 2.11. The molecule has 0 saturated heterocycles. The van der Waals surface area contributed by atoms with Gasteiger partial charge in [0.2, 0.25) is 0 Å². The van der Waals surface area contributed by atoms with E-state index in [2.05, 4.69) is 4.36 Å². The third-order valence-corrected chi connectivity index (χ3v) is 3.73. The molecule has 0 N–H and O–H groups in total. The Morgan fingerprint density at radius 1 is 1.40 bits per heavy atom. The number of hydrogen-bond acceptors (Lipinski definition) is 5. The van der Waals surface area contributed by atoms with E-state index in [0.717, 1.165) is 6.07 Å². The first kappa shape index (κ1) is 16.1. The van der Waals surface area contributed by atoms with Gasteiger partial charge >= 0.3 is 6.09 Å². The fraction of sp³-hybridized carbons (Fsp3) is 0.417. The van der Waals surface area contributed by atoms with Gasteiger partial charge in [0.15, 0.2) is 0 Å². The molecule has 0 aliphatic heterocycles. The molecule has 110 valence electrons. The van der Waals surface area contributed by atoms with E-state index in [0.29, 0.717) is 0 Å². The van der Waals surface area contributed by atoms with Crippen molar-refractivity contribution in [1.29, 1.82) is 0 Å². The van der Waals surface area contributed by atoms with Crippen molar-refractivity contribution in [2.24, 2.45) is 4.36 Å². The van der Waals surface area contributed by atoms with Gasteiger partial charge in [0, 0.05) is 18.4 Å². The van der Waals surface area contributed by atoms with E-state index in [1.54, 1.807) is 20.8 Å². The maximum absolute atomic E-state index is 12.4. The fourth-order valence-electron chi connectivity index (χ4n) is 1.31. The zero-order valence-electron chi connectivity index (χ0n) is 11.7. The number of carbonyl (C=O) groups is 1. The summed E-state index contributed by atoms with van der Waals surface area (Å²) in [5, 5.41) is 10.7. The van der Waals surface area contributed by atoms with Crippen LogP contribution in [0.4, 0.5) is 10.5 Å². The van der Waals surface area contributed by atoms with Crippen molar-refractivity contribution >= 4 is 21.5 Å². The van der Waals surface area contributed by atoms with Crippen molar-refractivity contribution in [3.05, 3.63) is 34.4 Å². The van der Waals surface area contributed by atoms with Gasteiger partial charge < -0.3 is 4.74 Å². The van der Waals surface area contributed by atoms with Crippen LogP contribution in [0.3, 0.4) is 0 Å². The third kappa shape index (κ3) is 4.61. The Morgan fingerprint density at radius 2 is 2.00 bits per heavy atom. The molecule has 0 aliphatic carbocycles. The Labute approximate surface area is 117 Å². The SMILES string of the molecule is CC(C)(C)OC(=O)N=S(C)(=O)c1cccc([N+](=O)[O-])c1. The monoisotopic (exact) mass is 300 g/mol. The van der Waals surface area contributed by atoms with Crippen molar-refractivity contribution in [2.75, 3.05) is 6.26 Å². The van der Waals surface area contributed by atoms with E-state index in [1.165, 1.54) is 24.5 Å². The Hall–Kier alpha value is -1.96. The predicted molar refractivity (Wildman–Crippen MR) is 74.1 cm³/mol. The van der Waals surface area contributed by atoms with Crippen LogP contribution in [0.15, 0.2) is 33.5 Å². The molecule has 8 heteroatoms. The van der Waals surface area contributed by atoms with Gasteiger partial charge in [-0.2, -0.15) is 0 Å². The van der Waals surface area contributed by atoms with Crippen LogP contribution in [0.2, 0.25) is 0 Å². The average molecular weight is 300 g/mol. The number of hydrogen-bond donors (Lipinski definition) is 0. The molecule has 0 spiro atoms. The van der Waals surface area contributed by atoms with Crippen LogP contribution >= 0.6 is 0 Å². The van der Waals surface area contributed by atoms with Crippen LogP contribution in [0, 0.1) is 10.1 Å². The average Bonchev–Trinajstić information content (AvgIpc) is 2.25. The summed E-state index contributed by atoms with van der Waals surface area (Å²) in [4.78, 5) is 21.7. The molecular formula is C12H16N2O5S. The van der Waals surface area contributed by atoms with E-state index in [1.807, 2.05) is 0 Å². The number of nitro benzene ring substituents is 1. The maximum atomic E-state index is 12.4. The first-order valence-electron chi connectivity index (χ1n) is 5.71. The number of amides is 1. The first-order chi connectivity index (χ1) is 9.01. The largest absolute Gasteiger partial charge is 0.442 e. The summed E-state index contributed by atoms with van der Waals surface area (Å²) in [5.41, 5.74) is -0.963. The number of carbonyl (C=O) groups excluding carboxylic acids is 1. The molecule has 7 nitrogen and oxygen atoms in total. The van der Waals surface area contributed by atoms with E-state index < -0.39 is 26.3 Å². The predicted octanol–water partition coefficient (Wildman–Crippen LogP) is 2.99. The molecule has 0 radical (unpaired) electrons. The highest BCUT2D eigenvalue weighted by atomic mass is 32.2. The second kappa shape index (κ2) is 5.58. The Kier molecular flexibility index (Phi) is 4.49. The summed E-state index contributed by atoms with van der Waals surface area (Å²) in [6, 6.07) is 5.22. The van der Waals surface area contributed by atoms with E-state index >= 15 is 0 Å². The van der Waals surface area contributed by atoms with Crippen molar-refractivity contribution in [3.63, 3.8) is 0 Å². The summed E-state index contributed by atoms with van der Waals surface area (Å²) >= 11 is 0. The summed E-state index contributed by atoms with van der Waals surface area (Å²) in [6.45, 7) is 4.97. The van der Waals surface area contributed by atoms with Crippen molar-refractivity contribution in [2.45, 2.75) is 31.3 Å². The highest BCUT2D eigenvalue weighted by Crippen LogP contribution is 2.19. The van der Waals surface area contributed by atoms with Gasteiger partial charge in [-0.3, -0.25) is 10.1 Å². The minimum atomic E-state index is -3.09. The molecule has 1 rings (SSSR count). The standard InChI is InChI=1S/C12H16N2O5S/c1-12(2,3)19-11(15)13-20(4,18)10-7-5-6-9(8-10)14(16)17/h5-8H,1-4H3. The van der Waals surface area contributed by atoms with Gasteiger partial charge in [-0.25, -0.2) is 9.00 Å². The Morgan fingerprint density at radius 3 is 2.50 bits per heavy atom. The molecule has 0 saturated carbocycles. The lowest BCUT2D eigenvalue weighted by atomic mass is 10.2. The first-order valence-corrected chi connectivity index (χ1v) is 7.63. The second-order valence-corrected chi connectivity index (χ2v) is 7.39. The molecule has 1 aromatic rings. The number of benzene rings is 1. The Bertz CT molecular complexity index is 654. The normalized spacial score (nSPS) is 14.2. The minimum Gasteiger partial charge on any atom is -0.442 e. The molecule has 0 aromatic heterocycles. The molecule has 0 fully saturated rings. The van der Waals surface area contributed by atoms with Gasteiger partial charge in [-0.15, -0.1) is 4.36 Å². The van der Waals surface area contributed by atoms with E-state index in [9.17, 15) is 19.1 Å². The van der Waals surface area contributed by atoms with Gasteiger partial charge in [0.25, 0.3) is 5.69 Å². The summed E-state index contributed by atoms with van der Waals surface area (Å²) in [6.07, 6.45) is 0.271. The zero-order chi connectivity index (χ0) is 15.6. The van der Waals surface area contributed by atoms with E-state index in [-0.39, 0.29) is 10.6 Å². The van der Waals surface area contributed by atoms with Crippen molar-refractivity contribution in [3.8, 4) is 0 Å². The number of rotatable bonds is 2. The number of nitrogens with zero attached hydrogens (tertiary/aromatic N) is 2.